The van der Waals surface area contributed by atoms with E-state index in [9.17, 15) is 18.0 Å². The zero-order chi connectivity index (χ0) is 19.9. The summed E-state index contributed by atoms with van der Waals surface area (Å²) in [5.41, 5.74) is 1.25. The fraction of sp³-hybridized carbons (Fsp3) is 0.368. The second-order valence-corrected chi connectivity index (χ2v) is 10.4. The van der Waals surface area contributed by atoms with Crippen molar-refractivity contribution in [2.75, 3.05) is 19.6 Å². The molecule has 2 aliphatic heterocycles. The summed E-state index contributed by atoms with van der Waals surface area (Å²) < 4.78 is 25.1. The number of rotatable bonds is 5. The quantitative estimate of drug-likeness (QED) is 0.727. The maximum Gasteiger partial charge on any atom is 0.261 e. The number of carbonyl (C=O) groups is 2. The first-order valence-electron chi connectivity index (χ1n) is 9.06. The predicted molar refractivity (Wildman–Crippen MR) is 108 cm³/mol. The third-order valence-corrected chi connectivity index (χ3v) is 8.11. The lowest BCUT2D eigenvalue weighted by atomic mass is 10.1. The van der Waals surface area contributed by atoms with Gasteiger partial charge in [-0.15, -0.1) is 11.3 Å². The molecule has 9 heteroatoms. The van der Waals surface area contributed by atoms with E-state index in [4.69, 9.17) is 11.6 Å². The minimum absolute atomic E-state index is 0.128. The van der Waals surface area contributed by atoms with Crippen LogP contribution in [0.3, 0.4) is 0 Å². The van der Waals surface area contributed by atoms with Crippen LogP contribution in [0.5, 0.6) is 0 Å². The van der Waals surface area contributed by atoms with E-state index in [-0.39, 0.29) is 22.5 Å². The molecule has 2 amide bonds. The molecule has 2 aliphatic rings. The number of thiophene rings is 1. The van der Waals surface area contributed by atoms with Gasteiger partial charge >= 0.3 is 0 Å². The molecule has 0 atom stereocenters. The first-order chi connectivity index (χ1) is 13.3. The maximum atomic E-state index is 12.5. The summed E-state index contributed by atoms with van der Waals surface area (Å²) in [7, 11) is -3.47. The monoisotopic (exact) mass is 438 g/mol. The lowest BCUT2D eigenvalue weighted by Crippen LogP contribution is -2.30. The summed E-state index contributed by atoms with van der Waals surface area (Å²) >= 11 is 7.26. The summed E-state index contributed by atoms with van der Waals surface area (Å²) in [5.74, 6) is -0.173. The first kappa shape index (κ1) is 19.4. The Morgan fingerprint density at radius 1 is 1.29 bits per heavy atom. The molecule has 3 heterocycles. The highest BCUT2D eigenvalue weighted by molar-refractivity contribution is 7.91. The standard InChI is InChI=1S/C19H19ClN2O4S2/c20-13-4-5-14-16(10-13)28(25,26)11-12-9-15(27-18(12)14)19(24)21-6-2-8-22-7-1-3-17(22)23/h4-5,9-10H,1-3,6-8,11H2,(H,21,24). The molecule has 28 heavy (non-hydrogen) atoms. The molecule has 0 radical (unpaired) electrons. The Balaban J connectivity index is 1.46. The number of halogens is 1. The Hall–Kier alpha value is -1.90. The molecular weight excluding hydrogens is 420 g/mol. The second-order valence-electron chi connectivity index (χ2n) is 6.96. The molecule has 1 aromatic carbocycles. The van der Waals surface area contributed by atoms with E-state index in [1.54, 1.807) is 18.2 Å². The van der Waals surface area contributed by atoms with Crippen LogP contribution in [0, 0.1) is 0 Å². The average Bonchev–Trinajstić information content (AvgIpc) is 3.24. The van der Waals surface area contributed by atoms with Crippen molar-refractivity contribution < 1.29 is 18.0 Å². The molecule has 0 saturated carbocycles. The SMILES string of the molecule is O=C(NCCCN1CCCC1=O)c1cc2c(s1)-c1ccc(Cl)cc1S(=O)(=O)C2. The van der Waals surface area contributed by atoms with Crippen molar-refractivity contribution in [1.29, 1.82) is 0 Å². The van der Waals surface area contributed by atoms with Crippen molar-refractivity contribution in [2.24, 2.45) is 0 Å². The molecule has 0 bridgehead atoms. The Morgan fingerprint density at radius 3 is 2.86 bits per heavy atom. The Morgan fingerprint density at radius 2 is 2.11 bits per heavy atom. The molecule has 0 aliphatic carbocycles. The zero-order valence-electron chi connectivity index (χ0n) is 15.0. The van der Waals surface area contributed by atoms with Crippen molar-refractivity contribution >= 4 is 44.6 Å². The van der Waals surface area contributed by atoms with E-state index in [1.165, 1.54) is 17.4 Å². The van der Waals surface area contributed by atoms with Crippen LogP contribution in [0.25, 0.3) is 10.4 Å². The number of benzene rings is 1. The predicted octanol–water partition coefficient (Wildman–Crippen LogP) is 3.10. The zero-order valence-corrected chi connectivity index (χ0v) is 17.4. The number of hydrogen-bond acceptors (Lipinski definition) is 5. The van der Waals surface area contributed by atoms with Gasteiger partial charge < -0.3 is 10.2 Å². The molecule has 6 nitrogen and oxygen atoms in total. The third kappa shape index (κ3) is 3.68. The highest BCUT2D eigenvalue weighted by Gasteiger charge is 2.31. The minimum atomic E-state index is -3.47. The van der Waals surface area contributed by atoms with E-state index >= 15 is 0 Å². The van der Waals surface area contributed by atoms with Crippen LogP contribution in [0.15, 0.2) is 29.2 Å². The van der Waals surface area contributed by atoms with Gasteiger partial charge in [-0.3, -0.25) is 9.59 Å². The highest BCUT2D eigenvalue weighted by atomic mass is 35.5. The molecule has 1 N–H and O–H groups in total. The van der Waals surface area contributed by atoms with Gasteiger partial charge in [-0.1, -0.05) is 17.7 Å². The van der Waals surface area contributed by atoms with Crippen LogP contribution in [-0.2, 0) is 20.4 Å². The number of nitrogens with zero attached hydrogens (tertiary/aromatic N) is 1. The van der Waals surface area contributed by atoms with Crippen LogP contribution in [-0.4, -0.2) is 44.8 Å². The fourth-order valence-corrected chi connectivity index (χ4v) is 6.73. The summed E-state index contributed by atoms with van der Waals surface area (Å²) in [5, 5.41) is 3.24. The van der Waals surface area contributed by atoms with Gasteiger partial charge in [-0.05, 0) is 36.6 Å². The van der Waals surface area contributed by atoms with Crippen molar-refractivity contribution in [3.05, 3.63) is 39.7 Å². The van der Waals surface area contributed by atoms with Gasteiger partial charge in [0, 0.05) is 41.5 Å². The van der Waals surface area contributed by atoms with Gasteiger partial charge in [0.25, 0.3) is 5.91 Å². The van der Waals surface area contributed by atoms with Gasteiger partial charge in [0.1, 0.15) is 0 Å². The van der Waals surface area contributed by atoms with Gasteiger partial charge in [0.15, 0.2) is 9.84 Å². The van der Waals surface area contributed by atoms with Gasteiger partial charge in [-0.2, -0.15) is 0 Å². The number of likely N-dealkylation sites (tertiary alicyclic amines) is 1. The van der Waals surface area contributed by atoms with E-state index in [0.29, 0.717) is 47.0 Å². The normalized spacial score (nSPS) is 17.3. The number of amides is 2. The van der Waals surface area contributed by atoms with E-state index < -0.39 is 9.84 Å². The van der Waals surface area contributed by atoms with Crippen molar-refractivity contribution in [3.8, 4) is 10.4 Å². The van der Waals surface area contributed by atoms with Crippen LogP contribution >= 0.6 is 22.9 Å². The van der Waals surface area contributed by atoms with Crippen molar-refractivity contribution in [2.45, 2.75) is 29.9 Å². The number of fused-ring (bicyclic) bond motifs is 3. The Kier molecular flexibility index (Phi) is 5.20. The van der Waals surface area contributed by atoms with E-state index in [0.717, 1.165) is 17.8 Å². The summed E-state index contributed by atoms with van der Waals surface area (Å²) in [6, 6.07) is 6.48. The summed E-state index contributed by atoms with van der Waals surface area (Å²) in [6.45, 7) is 1.91. The number of carbonyl (C=O) groups excluding carboxylic acids is 2. The summed E-state index contributed by atoms with van der Waals surface area (Å²) in [4.78, 5) is 27.4. The Labute approximate surface area is 172 Å². The maximum absolute atomic E-state index is 12.5. The molecule has 0 spiro atoms. The third-order valence-electron chi connectivity index (χ3n) is 4.96. The molecule has 1 saturated heterocycles. The lowest BCUT2D eigenvalue weighted by Gasteiger charge is -2.16. The minimum Gasteiger partial charge on any atom is -0.351 e. The number of hydrogen-bond donors (Lipinski definition) is 1. The molecule has 148 valence electrons. The molecular formula is C19H19ClN2O4S2. The smallest absolute Gasteiger partial charge is 0.261 e. The molecule has 1 aromatic heterocycles. The van der Waals surface area contributed by atoms with Crippen LogP contribution in [0.4, 0.5) is 0 Å². The molecule has 2 aromatic rings. The van der Waals surface area contributed by atoms with Gasteiger partial charge in [0.05, 0.1) is 15.5 Å². The first-order valence-corrected chi connectivity index (χ1v) is 11.9. The van der Waals surface area contributed by atoms with Crippen molar-refractivity contribution in [3.63, 3.8) is 0 Å². The molecule has 0 unspecified atom stereocenters. The molecule has 1 fully saturated rings. The van der Waals surface area contributed by atoms with Crippen LogP contribution < -0.4 is 5.32 Å². The molecule has 4 rings (SSSR count). The van der Waals surface area contributed by atoms with Crippen LogP contribution in [0.2, 0.25) is 5.02 Å². The number of sulfone groups is 1. The Bertz CT molecular complexity index is 1060. The average molecular weight is 439 g/mol. The largest absolute Gasteiger partial charge is 0.351 e. The second kappa shape index (κ2) is 7.50. The van der Waals surface area contributed by atoms with Crippen molar-refractivity contribution in [1.82, 2.24) is 10.2 Å². The van der Waals surface area contributed by atoms with E-state index in [1.807, 2.05) is 4.90 Å². The number of nitrogens with one attached hydrogen (secondary N) is 1. The van der Waals surface area contributed by atoms with Crippen LogP contribution in [0.1, 0.15) is 34.5 Å². The highest BCUT2D eigenvalue weighted by Crippen LogP contribution is 2.43. The summed E-state index contributed by atoms with van der Waals surface area (Å²) in [6.07, 6.45) is 2.21. The van der Waals surface area contributed by atoms with Gasteiger partial charge in [-0.25, -0.2) is 8.42 Å². The fourth-order valence-electron chi connectivity index (χ4n) is 3.60. The topological polar surface area (TPSA) is 83.6 Å². The van der Waals surface area contributed by atoms with E-state index in [2.05, 4.69) is 5.32 Å². The lowest BCUT2D eigenvalue weighted by molar-refractivity contribution is -0.127. The van der Waals surface area contributed by atoms with Gasteiger partial charge in [0.2, 0.25) is 5.91 Å².